The lowest BCUT2D eigenvalue weighted by Crippen LogP contribution is -2.35. The van der Waals surface area contributed by atoms with Gasteiger partial charge in [-0.25, -0.2) is 0 Å². The average Bonchev–Trinajstić information content (AvgIpc) is 3.16. The highest BCUT2D eigenvalue weighted by atomic mass is 16.5. The molecule has 2 N–H and O–H groups in total. The van der Waals surface area contributed by atoms with E-state index in [1.54, 1.807) is 21.3 Å². The van der Waals surface area contributed by atoms with E-state index in [9.17, 15) is 4.79 Å². The number of carbonyl (C=O) groups is 1. The third-order valence-corrected chi connectivity index (χ3v) is 5.03. The van der Waals surface area contributed by atoms with Crippen LogP contribution in [-0.2, 0) is 17.8 Å². The van der Waals surface area contributed by atoms with Crippen LogP contribution in [0.4, 0.5) is 0 Å². The molecule has 0 aliphatic carbocycles. The molecule has 1 aromatic heterocycles. The fourth-order valence-corrected chi connectivity index (χ4v) is 3.61. The second kappa shape index (κ2) is 10.0. The zero-order valence-corrected chi connectivity index (χ0v) is 18.0. The van der Waals surface area contributed by atoms with Gasteiger partial charge in [0.1, 0.15) is 0 Å². The number of nitrogens with zero attached hydrogens (tertiary/aromatic N) is 1. The Hall–Kier alpha value is -3.19. The van der Waals surface area contributed by atoms with Crippen LogP contribution in [0.25, 0.3) is 10.9 Å². The third-order valence-electron chi connectivity index (χ3n) is 5.03. The first kappa shape index (κ1) is 21.5. The second-order valence-corrected chi connectivity index (χ2v) is 7.13. The number of fused-ring (bicyclic) bond motifs is 1. The molecule has 0 bridgehead atoms. The summed E-state index contributed by atoms with van der Waals surface area (Å²) in [5.74, 6) is 1.75. The lowest BCUT2D eigenvalue weighted by atomic mass is 10.1. The smallest absolute Gasteiger partial charge is 0.234 e. The predicted octanol–water partition coefficient (Wildman–Crippen LogP) is 2.98. The summed E-state index contributed by atoms with van der Waals surface area (Å²) in [6.45, 7) is 1.42. The van der Waals surface area contributed by atoms with Crippen LogP contribution in [0.1, 0.15) is 11.1 Å². The van der Waals surface area contributed by atoms with E-state index in [-0.39, 0.29) is 12.5 Å². The molecule has 0 fully saturated rings. The maximum Gasteiger partial charge on any atom is 0.234 e. The van der Waals surface area contributed by atoms with Gasteiger partial charge in [-0.1, -0.05) is 24.3 Å². The largest absolute Gasteiger partial charge is 0.493 e. The molecule has 0 saturated heterocycles. The summed E-state index contributed by atoms with van der Waals surface area (Å²) in [4.78, 5) is 17.6. The molecule has 0 radical (unpaired) electrons. The van der Waals surface area contributed by atoms with Crippen molar-refractivity contribution in [1.29, 1.82) is 0 Å². The Morgan fingerprint density at radius 2 is 1.77 bits per heavy atom. The summed E-state index contributed by atoms with van der Waals surface area (Å²) in [6, 6.07) is 11.9. The molecular weight excluding hydrogens is 382 g/mol. The fraction of sp³-hybridized carbons (Fsp3) is 0.348. The molecule has 160 valence electrons. The molecule has 0 aliphatic rings. The Morgan fingerprint density at radius 1 is 1.00 bits per heavy atom. The van der Waals surface area contributed by atoms with E-state index in [4.69, 9.17) is 14.2 Å². The fourth-order valence-electron chi connectivity index (χ4n) is 3.61. The van der Waals surface area contributed by atoms with Crippen LogP contribution in [0.5, 0.6) is 17.2 Å². The van der Waals surface area contributed by atoms with E-state index < -0.39 is 0 Å². The van der Waals surface area contributed by atoms with Crippen LogP contribution >= 0.6 is 0 Å². The summed E-state index contributed by atoms with van der Waals surface area (Å²) in [7, 11) is 6.66. The molecule has 1 amide bonds. The number of H-pyrrole nitrogens is 1. The number of ether oxygens (including phenoxy) is 3. The van der Waals surface area contributed by atoms with Gasteiger partial charge in [0.15, 0.2) is 11.5 Å². The summed E-state index contributed by atoms with van der Waals surface area (Å²) < 4.78 is 16.3. The van der Waals surface area contributed by atoms with E-state index in [1.165, 1.54) is 10.9 Å². The highest BCUT2D eigenvalue weighted by Gasteiger charge is 2.17. The predicted molar refractivity (Wildman–Crippen MR) is 117 cm³/mol. The lowest BCUT2D eigenvalue weighted by molar-refractivity contribution is -0.122. The maximum absolute atomic E-state index is 12.4. The number of aromatic amines is 1. The van der Waals surface area contributed by atoms with Crippen molar-refractivity contribution in [3.05, 3.63) is 53.7 Å². The molecular formula is C23H29N3O4. The van der Waals surface area contributed by atoms with Crippen molar-refractivity contribution in [2.24, 2.45) is 0 Å². The number of likely N-dealkylation sites (N-methyl/N-ethyl adjacent to an activating group) is 1. The molecule has 1 heterocycles. The lowest BCUT2D eigenvalue weighted by Gasteiger charge is -2.20. The van der Waals surface area contributed by atoms with E-state index in [2.05, 4.69) is 22.4 Å². The highest BCUT2D eigenvalue weighted by molar-refractivity contribution is 5.83. The van der Waals surface area contributed by atoms with Gasteiger partial charge < -0.3 is 24.5 Å². The van der Waals surface area contributed by atoms with Crippen molar-refractivity contribution in [3.8, 4) is 17.2 Å². The van der Waals surface area contributed by atoms with Gasteiger partial charge >= 0.3 is 0 Å². The van der Waals surface area contributed by atoms with Gasteiger partial charge in [0.25, 0.3) is 0 Å². The van der Waals surface area contributed by atoms with Crippen LogP contribution in [0, 0.1) is 0 Å². The Labute approximate surface area is 176 Å². The minimum atomic E-state index is -0.0169. The molecule has 7 heteroatoms. The van der Waals surface area contributed by atoms with Gasteiger partial charge in [-0.2, -0.15) is 0 Å². The Morgan fingerprint density at radius 3 is 2.50 bits per heavy atom. The van der Waals surface area contributed by atoms with E-state index >= 15 is 0 Å². The molecule has 0 saturated carbocycles. The second-order valence-electron chi connectivity index (χ2n) is 7.13. The summed E-state index contributed by atoms with van der Waals surface area (Å²) in [6.07, 6.45) is 2.79. The molecule has 3 rings (SSSR count). The molecule has 3 aromatic rings. The van der Waals surface area contributed by atoms with Gasteiger partial charge in [0, 0.05) is 35.8 Å². The first-order chi connectivity index (χ1) is 14.6. The van der Waals surface area contributed by atoms with Crippen LogP contribution in [0.2, 0.25) is 0 Å². The van der Waals surface area contributed by atoms with Crippen LogP contribution in [-0.4, -0.2) is 57.3 Å². The number of carbonyl (C=O) groups excluding carboxylic acids is 1. The number of methoxy groups -OCH3 is 3. The number of hydrogen-bond donors (Lipinski definition) is 2. The minimum absolute atomic E-state index is 0.0169. The summed E-state index contributed by atoms with van der Waals surface area (Å²) >= 11 is 0. The van der Waals surface area contributed by atoms with Crippen molar-refractivity contribution in [2.75, 3.05) is 41.5 Å². The molecule has 0 unspecified atom stereocenters. The SMILES string of the molecule is COc1ccc(CN(C)CC(=O)NCCc2c[nH]c3ccccc23)c(OC)c1OC. The van der Waals surface area contributed by atoms with Crippen molar-refractivity contribution >= 4 is 16.8 Å². The number of hydrogen-bond acceptors (Lipinski definition) is 5. The zero-order valence-electron chi connectivity index (χ0n) is 18.0. The van der Waals surface area contributed by atoms with E-state index in [1.807, 2.05) is 42.4 Å². The third kappa shape index (κ3) is 4.86. The Bertz CT molecular complexity index is 999. The normalized spacial score (nSPS) is 11.0. The zero-order chi connectivity index (χ0) is 21.5. The summed E-state index contributed by atoms with van der Waals surface area (Å²) in [5, 5.41) is 4.20. The number of para-hydroxylation sites is 1. The number of amides is 1. The van der Waals surface area contributed by atoms with Crippen molar-refractivity contribution in [2.45, 2.75) is 13.0 Å². The number of rotatable bonds is 10. The Balaban J connectivity index is 1.53. The van der Waals surface area contributed by atoms with Gasteiger partial charge in [-0.15, -0.1) is 0 Å². The van der Waals surface area contributed by atoms with Crippen LogP contribution in [0.15, 0.2) is 42.6 Å². The maximum atomic E-state index is 12.4. The number of benzene rings is 2. The van der Waals surface area contributed by atoms with Crippen molar-refractivity contribution in [1.82, 2.24) is 15.2 Å². The molecule has 0 atom stereocenters. The van der Waals surface area contributed by atoms with Gasteiger partial charge in [-0.3, -0.25) is 9.69 Å². The summed E-state index contributed by atoms with van der Waals surface area (Å²) in [5.41, 5.74) is 3.24. The van der Waals surface area contributed by atoms with Gasteiger partial charge in [0.2, 0.25) is 11.7 Å². The average molecular weight is 412 g/mol. The van der Waals surface area contributed by atoms with Crippen LogP contribution in [0.3, 0.4) is 0 Å². The number of aromatic nitrogens is 1. The van der Waals surface area contributed by atoms with Crippen LogP contribution < -0.4 is 19.5 Å². The standard InChI is InChI=1S/C23H29N3O4/c1-26(14-17-9-10-20(28-2)23(30-4)22(17)29-3)15-21(27)24-12-11-16-13-25-19-8-6-5-7-18(16)19/h5-10,13,25H,11-12,14-15H2,1-4H3,(H,24,27). The van der Waals surface area contributed by atoms with E-state index in [0.29, 0.717) is 30.3 Å². The first-order valence-corrected chi connectivity index (χ1v) is 9.85. The molecule has 30 heavy (non-hydrogen) atoms. The first-order valence-electron chi connectivity index (χ1n) is 9.85. The topological polar surface area (TPSA) is 75.8 Å². The molecule has 0 spiro atoms. The van der Waals surface area contributed by atoms with Gasteiger partial charge in [0.05, 0.1) is 27.9 Å². The van der Waals surface area contributed by atoms with E-state index in [0.717, 1.165) is 17.5 Å². The monoisotopic (exact) mass is 411 g/mol. The van der Waals surface area contributed by atoms with Crippen molar-refractivity contribution < 1.29 is 19.0 Å². The highest BCUT2D eigenvalue weighted by Crippen LogP contribution is 2.40. The van der Waals surface area contributed by atoms with Crippen molar-refractivity contribution in [3.63, 3.8) is 0 Å². The minimum Gasteiger partial charge on any atom is -0.493 e. The quantitative estimate of drug-likeness (QED) is 0.536. The molecule has 2 aromatic carbocycles. The molecule has 7 nitrogen and oxygen atoms in total. The number of nitrogens with one attached hydrogen (secondary N) is 2. The Kier molecular flexibility index (Phi) is 7.19. The molecule has 0 aliphatic heterocycles. The van der Waals surface area contributed by atoms with Gasteiger partial charge in [-0.05, 0) is 31.2 Å².